The van der Waals surface area contributed by atoms with Gasteiger partial charge < -0.3 is 14.5 Å². The first-order valence-electron chi connectivity index (χ1n) is 10.1. The van der Waals surface area contributed by atoms with Crippen molar-refractivity contribution in [3.05, 3.63) is 59.2 Å². The van der Waals surface area contributed by atoms with Gasteiger partial charge in [0.05, 0.1) is 23.8 Å². The van der Waals surface area contributed by atoms with E-state index in [4.69, 9.17) is 10.00 Å². The molecule has 0 saturated carbocycles. The average molecular weight is 454 g/mol. The molecular weight excluding hydrogens is 426 g/mol. The number of amides is 2. The summed E-state index contributed by atoms with van der Waals surface area (Å²) in [4.78, 5) is 41.0. The fourth-order valence-electron chi connectivity index (χ4n) is 2.98. The van der Waals surface area contributed by atoms with Crippen LogP contribution in [0.15, 0.2) is 47.4 Å². The predicted molar refractivity (Wildman–Crippen MR) is 125 cm³/mol. The molecule has 168 valence electrons. The average Bonchev–Trinajstić information content (AvgIpc) is 2.75. The van der Waals surface area contributed by atoms with Crippen LogP contribution in [0.25, 0.3) is 0 Å². The minimum Gasteiger partial charge on any atom is -0.452 e. The van der Waals surface area contributed by atoms with Crippen molar-refractivity contribution in [2.75, 3.05) is 37.9 Å². The third-order valence-corrected chi connectivity index (χ3v) is 5.61. The molecule has 0 bridgehead atoms. The van der Waals surface area contributed by atoms with E-state index < -0.39 is 18.5 Å². The number of hydrogen-bond donors (Lipinski definition) is 0. The summed E-state index contributed by atoms with van der Waals surface area (Å²) < 4.78 is 5.31. The molecule has 0 saturated heterocycles. The number of hydrogen-bond acceptors (Lipinski definition) is 6. The zero-order valence-electron chi connectivity index (χ0n) is 18.8. The molecule has 0 radical (unpaired) electrons. The van der Waals surface area contributed by atoms with Crippen LogP contribution in [0.1, 0.15) is 27.9 Å². The Balaban J connectivity index is 2.11. The zero-order chi connectivity index (χ0) is 23.7. The molecular formula is C24H27N3O4S. The van der Waals surface area contributed by atoms with Gasteiger partial charge in [-0.25, -0.2) is 4.79 Å². The van der Waals surface area contributed by atoms with Gasteiger partial charge in [-0.15, -0.1) is 11.8 Å². The molecule has 2 amide bonds. The Morgan fingerprint density at radius 3 is 2.31 bits per heavy atom. The number of thioether (sulfide) groups is 1. The van der Waals surface area contributed by atoms with Crippen molar-refractivity contribution in [2.45, 2.75) is 25.2 Å². The first-order chi connectivity index (χ1) is 15.2. The van der Waals surface area contributed by atoms with Gasteiger partial charge in [0.2, 0.25) is 5.91 Å². The first-order valence-corrected chi connectivity index (χ1v) is 11.1. The minimum absolute atomic E-state index is 0.0741. The topological polar surface area (TPSA) is 90.7 Å². The molecule has 7 nitrogen and oxygen atoms in total. The second kappa shape index (κ2) is 11.9. The number of aryl methyl sites for hydroxylation is 2. The van der Waals surface area contributed by atoms with Gasteiger partial charge in [-0.05, 0) is 49.2 Å². The minimum atomic E-state index is -0.639. The number of carbonyl (C=O) groups is 3. The highest BCUT2D eigenvalue weighted by atomic mass is 32.2. The summed E-state index contributed by atoms with van der Waals surface area (Å²) in [7, 11) is 3.34. The van der Waals surface area contributed by atoms with Crippen molar-refractivity contribution in [3.63, 3.8) is 0 Å². The Labute approximate surface area is 193 Å². The van der Waals surface area contributed by atoms with E-state index in [1.165, 1.54) is 21.6 Å². The van der Waals surface area contributed by atoms with Crippen molar-refractivity contribution in [1.29, 1.82) is 5.26 Å². The van der Waals surface area contributed by atoms with Crippen LogP contribution in [0.2, 0.25) is 0 Å². The highest BCUT2D eigenvalue weighted by Gasteiger charge is 2.20. The monoisotopic (exact) mass is 453 g/mol. The van der Waals surface area contributed by atoms with Gasteiger partial charge in [-0.2, -0.15) is 5.26 Å². The SMILES string of the molecule is Cc1cc(C)cc(N(CCC#N)C(=O)COC(=O)c2ccccc2SCC(=O)N(C)C)c1. The van der Waals surface area contributed by atoms with Gasteiger partial charge >= 0.3 is 5.97 Å². The number of nitriles is 1. The summed E-state index contributed by atoms with van der Waals surface area (Å²) in [6.07, 6.45) is 0.159. The molecule has 2 aromatic carbocycles. The van der Waals surface area contributed by atoms with E-state index in [0.29, 0.717) is 16.1 Å². The normalized spacial score (nSPS) is 10.2. The smallest absolute Gasteiger partial charge is 0.339 e. The summed E-state index contributed by atoms with van der Waals surface area (Å²) in [6, 6.07) is 14.6. The molecule has 0 aliphatic heterocycles. The molecule has 0 unspecified atom stereocenters. The Kier molecular flexibility index (Phi) is 9.29. The molecule has 32 heavy (non-hydrogen) atoms. The highest BCUT2D eigenvalue weighted by Crippen LogP contribution is 2.24. The highest BCUT2D eigenvalue weighted by molar-refractivity contribution is 8.00. The van der Waals surface area contributed by atoms with Gasteiger partial charge in [-0.1, -0.05) is 18.2 Å². The Hall–Kier alpha value is -3.31. The van der Waals surface area contributed by atoms with E-state index >= 15 is 0 Å². The predicted octanol–water partition coefficient (Wildman–Crippen LogP) is 3.59. The molecule has 0 aliphatic rings. The number of benzene rings is 2. The molecule has 0 fully saturated rings. The lowest BCUT2D eigenvalue weighted by Crippen LogP contribution is -2.35. The molecule has 8 heteroatoms. The number of rotatable bonds is 9. The van der Waals surface area contributed by atoms with Gasteiger partial charge in [-0.3, -0.25) is 9.59 Å². The van der Waals surface area contributed by atoms with Crippen LogP contribution < -0.4 is 4.90 Å². The van der Waals surface area contributed by atoms with Crippen LogP contribution >= 0.6 is 11.8 Å². The van der Waals surface area contributed by atoms with Crippen molar-refractivity contribution in [1.82, 2.24) is 4.90 Å². The second-order valence-corrected chi connectivity index (χ2v) is 8.47. The van der Waals surface area contributed by atoms with Crippen LogP contribution in [0, 0.1) is 25.2 Å². The lowest BCUT2D eigenvalue weighted by atomic mass is 10.1. The van der Waals surface area contributed by atoms with Gasteiger partial charge in [0, 0.05) is 31.2 Å². The lowest BCUT2D eigenvalue weighted by molar-refractivity contribution is -0.126. The number of nitrogens with zero attached hydrogens (tertiary/aromatic N) is 3. The fraction of sp³-hybridized carbons (Fsp3) is 0.333. The van der Waals surface area contributed by atoms with E-state index in [0.717, 1.165) is 11.1 Å². The molecule has 2 aromatic rings. The third kappa shape index (κ3) is 7.13. The van der Waals surface area contributed by atoms with Crippen LogP contribution in [-0.2, 0) is 14.3 Å². The lowest BCUT2D eigenvalue weighted by Gasteiger charge is -2.22. The standard InChI is InChI=1S/C24H27N3O4S/c1-17-12-18(2)14-19(13-17)27(11-7-10-25)22(28)15-31-24(30)20-8-5-6-9-21(20)32-16-23(29)26(3)4/h5-6,8-9,12-14H,7,11,15-16H2,1-4H3. The summed E-state index contributed by atoms with van der Waals surface area (Å²) in [6.45, 7) is 3.61. The molecule has 2 rings (SSSR count). The molecule has 0 spiro atoms. The van der Waals surface area contributed by atoms with Gasteiger partial charge in [0.15, 0.2) is 6.61 Å². The van der Waals surface area contributed by atoms with Gasteiger partial charge in [0.1, 0.15) is 0 Å². The van der Waals surface area contributed by atoms with Crippen molar-refractivity contribution in [2.24, 2.45) is 0 Å². The second-order valence-electron chi connectivity index (χ2n) is 7.45. The number of ether oxygens (including phenoxy) is 1. The summed E-state index contributed by atoms with van der Waals surface area (Å²) in [5.74, 6) is -0.939. The van der Waals surface area contributed by atoms with Gasteiger partial charge in [0.25, 0.3) is 5.91 Å². The Bertz CT molecular complexity index is 1010. The molecule has 0 N–H and O–H groups in total. The quantitative estimate of drug-likeness (QED) is 0.426. The van der Waals surface area contributed by atoms with Crippen LogP contribution in [0.5, 0.6) is 0 Å². The van der Waals surface area contributed by atoms with Crippen LogP contribution in [0.4, 0.5) is 5.69 Å². The van der Waals surface area contributed by atoms with E-state index in [2.05, 4.69) is 0 Å². The number of carbonyl (C=O) groups excluding carboxylic acids is 3. The van der Waals surface area contributed by atoms with E-state index in [1.54, 1.807) is 38.4 Å². The summed E-state index contributed by atoms with van der Waals surface area (Å²) >= 11 is 1.24. The summed E-state index contributed by atoms with van der Waals surface area (Å²) in [5, 5.41) is 8.97. The maximum Gasteiger partial charge on any atom is 0.339 e. The number of anilines is 1. The Morgan fingerprint density at radius 1 is 1.03 bits per heavy atom. The van der Waals surface area contributed by atoms with Crippen LogP contribution in [0.3, 0.4) is 0 Å². The van der Waals surface area contributed by atoms with Crippen molar-refractivity contribution < 1.29 is 19.1 Å². The maximum atomic E-state index is 12.9. The van der Waals surface area contributed by atoms with E-state index in [9.17, 15) is 14.4 Å². The largest absolute Gasteiger partial charge is 0.452 e. The van der Waals surface area contributed by atoms with Crippen molar-refractivity contribution >= 4 is 35.2 Å². The molecule has 0 atom stereocenters. The maximum absolute atomic E-state index is 12.9. The number of esters is 1. The summed E-state index contributed by atoms with van der Waals surface area (Å²) in [5.41, 5.74) is 2.94. The van der Waals surface area contributed by atoms with Crippen LogP contribution in [-0.4, -0.2) is 55.7 Å². The molecule has 0 heterocycles. The van der Waals surface area contributed by atoms with E-state index in [-0.39, 0.29) is 24.6 Å². The zero-order valence-corrected chi connectivity index (χ0v) is 19.6. The van der Waals surface area contributed by atoms with E-state index in [1.807, 2.05) is 38.1 Å². The van der Waals surface area contributed by atoms with Crippen molar-refractivity contribution in [3.8, 4) is 6.07 Å². The molecule has 0 aliphatic carbocycles. The third-order valence-electron chi connectivity index (χ3n) is 4.55. The first kappa shape index (κ1) is 25.0. The molecule has 0 aromatic heterocycles. The fourth-order valence-corrected chi connectivity index (χ4v) is 4.00. The Morgan fingerprint density at radius 2 is 1.69 bits per heavy atom.